The van der Waals surface area contributed by atoms with Crippen molar-refractivity contribution in [1.82, 2.24) is 0 Å². The van der Waals surface area contributed by atoms with Crippen LogP contribution in [0.3, 0.4) is 0 Å². The van der Waals surface area contributed by atoms with Gasteiger partial charge in [0.2, 0.25) is 0 Å². The van der Waals surface area contributed by atoms with Gasteiger partial charge in [-0.2, -0.15) is 18.4 Å². The second-order valence-electron chi connectivity index (χ2n) is 6.44. The molecule has 0 aliphatic rings. The maximum Gasteiger partial charge on any atom is 0.416 e. The van der Waals surface area contributed by atoms with Gasteiger partial charge in [0.05, 0.1) is 26.2 Å². The molecule has 33 heavy (non-hydrogen) atoms. The Morgan fingerprint density at radius 3 is 2.45 bits per heavy atom. The number of nitro benzene ring substituents is 1. The van der Waals surface area contributed by atoms with Gasteiger partial charge in [-0.3, -0.25) is 14.9 Å². The van der Waals surface area contributed by atoms with E-state index in [4.69, 9.17) is 27.6 Å². The molecule has 1 N–H and O–H groups in total. The van der Waals surface area contributed by atoms with Crippen molar-refractivity contribution in [3.05, 3.63) is 85.6 Å². The average molecular weight is 496 g/mol. The molecule has 0 aliphatic heterocycles. The van der Waals surface area contributed by atoms with Crippen molar-refractivity contribution in [2.45, 2.75) is 6.18 Å². The molecule has 7 nitrogen and oxygen atoms in total. The van der Waals surface area contributed by atoms with Crippen LogP contribution in [0.4, 0.5) is 24.5 Å². The lowest BCUT2D eigenvalue weighted by molar-refractivity contribution is -0.384. The molecular weight excluding hydrogens is 486 g/mol. The monoisotopic (exact) mass is 495 g/mol. The minimum Gasteiger partial charge on any atom is -0.457 e. The van der Waals surface area contributed by atoms with Crippen molar-refractivity contribution in [3.63, 3.8) is 0 Å². The zero-order chi connectivity index (χ0) is 24.3. The van der Waals surface area contributed by atoms with Gasteiger partial charge in [-0.05, 0) is 36.4 Å². The van der Waals surface area contributed by atoms with E-state index < -0.39 is 28.1 Å². The van der Waals surface area contributed by atoms with Crippen LogP contribution in [0, 0.1) is 21.4 Å². The van der Waals surface area contributed by atoms with Crippen LogP contribution in [0.15, 0.2) is 58.5 Å². The molecule has 0 saturated carbocycles. The first kappa shape index (κ1) is 23.8. The second kappa shape index (κ2) is 9.36. The average Bonchev–Trinajstić information content (AvgIpc) is 3.21. The fourth-order valence-corrected chi connectivity index (χ4v) is 3.04. The number of amides is 1. The summed E-state index contributed by atoms with van der Waals surface area (Å²) in [6.45, 7) is 0. The number of alkyl halides is 3. The van der Waals surface area contributed by atoms with Gasteiger partial charge in [0.25, 0.3) is 11.6 Å². The van der Waals surface area contributed by atoms with Crippen LogP contribution in [0.2, 0.25) is 10.0 Å². The number of furan rings is 1. The molecular formula is C21H10Cl2F3N3O4. The maximum atomic E-state index is 12.9. The third-order valence-corrected chi connectivity index (χ3v) is 4.91. The lowest BCUT2D eigenvalue weighted by Crippen LogP contribution is -2.15. The highest BCUT2D eigenvalue weighted by atomic mass is 35.5. The van der Waals surface area contributed by atoms with Crippen molar-refractivity contribution >= 4 is 46.6 Å². The predicted octanol–water partition coefficient (Wildman–Crippen LogP) is 6.73. The van der Waals surface area contributed by atoms with E-state index in [0.717, 1.165) is 18.2 Å². The Bertz CT molecular complexity index is 1330. The minimum absolute atomic E-state index is 0.0226. The standard InChI is InChI=1S/C21H10Cl2F3N3O4/c22-16-5-2-13(29(31)32)9-15(16)19-6-3-14(33-19)7-11(10-27)20(30)28-18-8-12(21(24,25)26)1-4-17(18)23/h1-9H,(H,28,30)/b11-7+. The number of nitro groups is 1. The summed E-state index contributed by atoms with van der Waals surface area (Å²) in [6, 6.07) is 10.5. The number of non-ortho nitro benzene ring substituents is 1. The Morgan fingerprint density at radius 1 is 1.12 bits per heavy atom. The highest BCUT2D eigenvalue weighted by molar-refractivity contribution is 6.34. The first-order valence-corrected chi connectivity index (χ1v) is 9.59. The quantitative estimate of drug-likeness (QED) is 0.182. The van der Waals surface area contributed by atoms with E-state index in [9.17, 15) is 33.3 Å². The van der Waals surface area contributed by atoms with E-state index in [0.29, 0.717) is 6.07 Å². The number of carbonyl (C=O) groups excluding carboxylic acids is 1. The molecule has 0 unspecified atom stereocenters. The number of rotatable bonds is 5. The summed E-state index contributed by atoms with van der Waals surface area (Å²) in [4.78, 5) is 22.8. The lowest BCUT2D eigenvalue weighted by atomic mass is 10.1. The van der Waals surface area contributed by atoms with Gasteiger partial charge in [0, 0.05) is 23.8 Å². The number of nitriles is 1. The Kier molecular flexibility index (Phi) is 6.76. The summed E-state index contributed by atoms with van der Waals surface area (Å²) in [6.07, 6.45) is -3.61. The SMILES string of the molecule is N#C/C(=C\c1ccc(-c2cc([N+](=O)[O-])ccc2Cl)o1)C(=O)Nc1cc(C(F)(F)F)ccc1Cl. The van der Waals surface area contributed by atoms with Gasteiger partial charge in [-0.1, -0.05) is 23.2 Å². The van der Waals surface area contributed by atoms with E-state index in [2.05, 4.69) is 5.32 Å². The topological polar surface area (TPSA) is 109 Å². The molecule has 0 atom stereocenters. The van der Waals surface area contributed by atoms with E-state index in [1.54, 1.807) is 6.07 Å². The molecule has 1 aromatic heterocycles. The number of hydrogen-bond donors (Lipinski definition) is 1. The molecule has 0 fully saturated rings. The maximum absolute atomic E-state index is 12.9. The van der Waals surface area contributed by atoms with E-state index in [1.807, 2.05) is 0 Å². The lowest BCUT2D eigenvalue weighted by Gasteiger charge is -2.11. The number of halogens is 5. The van der Waals surface area contributed by atoms with E-state index in [-0.39, 0.29) is 38.5 Å². The normalized spacial score (nSPS) is 11.7. The molecule has 0 spiro atoms. The Hall–Kier alpha value is -3.81. The second-order valence-corrected chi connectivity index (χ2v) is 7.25. The van der Waals surface area contributed by atoms with Crippen LogP contribution in [-0.2, 0) is 11.0 Å². The molecule has 168 valence electrons. The van der Waals surface area contributed by atoms with Crippen molar-refractivity contribution in [1.29, 1.82) is 5.26 Å². The van der Waals surface area contributed by atoms with Crippen LogP contribution in [0.1, 0.15) is 11.3 Å². The highest BCUT2D eigenvalue weighted by Gasteiger charge is 2.31. The van der Waals surface area contributed by atoms with Gasteiger partial charge in [0.15, 0.2) is 0 Å². The molecule has 1 heterocycles. The number of hydrogen-bond acceptors (Lipinski definition) is 5. The van der Waals surface area contributed by atoms with Crippen molar-refractivity contribution in [2.24, 2.45) is 0 Å². The zero-order valence-electron chi connectivity index (χ0n) is 16.1. The Labute approximate surface area is 193 Å². The molecule has 3 aromatic rings. The molecule has 3 rings (SSSR count). The van der Waals surface area contributed by atoms with Gasteiger partial charge in [-0.15, -0.1) is 0 Å². The van der Waals surface area contributed by atoms with Crippen LogP contribution in [0.25, 0.3) is 17.4 Å². The van der Waals surface area contributed by atoms with Gasteiger partial charge in [0.1, 0.15) is 23.2 Å². The van der Waals surface area contributed by atoms with Crippen LogP contribution < -0.4 is 5.32 Å². The van der Waals surface area contributed by atoms with E-state index >= 15 is 0 Å². The minimum atomic E-state index is -4.66. The number of benzene rings is 2. The molecule has 1 amide bonds. The van der Waals surface area contributed by atoms with Crippen molar-refractivity contribution in [3.8, 4) is 17.4 Å². The number of nitrogens with zero attached hydrogens (tertiary/aromatic N) is 2. The van der Waals surface area contributed by atoms with Gasteiger partial charge < -0.3 is 9.73 Å². The molecule has 12 heteroatoms. The fourth-order valence-electron chi connectivity index (χ4n) is 2.67. The first-order valence-electron chi connectivity index (χ1n) is 8.83. The third-order valence-electron chi connectivity index (χ3n) is 4.25. The summed E-state index contributed by atoms with van der Waals surface area (Å²) >= 11 is 11.9. The number of anilines is 1. The molecule has 0 radical (unpaired) electrons. The van der Waals surface area contributed by atoms with Crippen molar-refractivity contribution in [2.75, 3.05) is 5.32 Å². The van der Waals surface area contributed by atoms with Gasteiger partial charge >= 0.3 is 6.18 Å². The fraction of sp³-hybridized carbons (Fsp3) is 0.0476. The summed E-state index contributed by atoms with van der Waals surface area (Å²) < 4.78 is 44.2. The summed E-state index contributed by atoms with van der Waals surface area (Å²) in [5.41, 5.74) is -1.87. The van der Waals surface area contributed by atoms with Crippen LogP contribution >= 0.6 is 23.2 Å². The predicted molar refractivity (Wildman–Crippen MR) is 114 cm³/mol. The molecule has 0 bridgehead atoms. The third kappa shape index (κ3) is 5.52. The largest absolute Gasteiger partial charge is 0.457 e. The number of carbonyl (C=O) groups is 1. The summed E-state index contributed by atoms with van der Waals surface area (Å²) in [5.74, 6) is -0.868. The highest BCUT2D eigenvalue weighted by Crippen LogP contribution is 2.35. The van der Waals surface area contributed by atoms with Gasteiger partial charge in [-0.25, -0.2) is 0 Å². The van der Waals surface area contributed by atoms with E-state index in [1.165, 1.54) is 30.3 Å². The molecule has 2 aromatic carbocycles. The molecule has 0 saturated heterocycles. The zero-order valence-corrected chi connectivity index (χ0v) is 17.6. The first-order chi connectivity index (χ1) is 15.5. The Balaban J connectivity index is 1.88. The van der Waals surface area contributed by atoms with Crippen LogP contribution in [-0.4, -0.2) is 10.8 Å². The molecule has 0 aliphatic carbocycles. The number of nitrogens with one attached hydrogen (secondary N) is 1. The summed E-state index contributed by atoms with van der Waals surface area (Å²) in [5, 5.41) is 22.5. The summed E-state index contributed by atoms with van der Waals surface area (Å²) in [7, 11) is 0. The van der Waals surface area contributed by atoms with Crippen LogP contribution in [0.5, 0.6) is 0 Å². The van der Waals surface area contributed by atoms with Crippen molar-refractivity contribution < 1.29 is 27.3 Å². The smallest absolute Gasteiger partial charge is 0.416 e. The Morgan fingerprint density at radius 2 is 1.82 bits per heavy atom.